The highest BCUT2D eigenvalue weighted by Gasteiger charge is 2.34. The van der Waals surface area contributed by atoms with Crippen molar-refractivity contribution < 1.29 is 8.42 Å². The van der Waals surface area contributed by atoms with Crippen molar-refractivity contribution in [3.05, 3.63) is 0 Å². The molecule has 0 radical (unpaired) electrons. The van der Waals surface area contributed by atoms with Crippen LogP contribution in [0.3, 0.4) is 0 Å². The molecule has 1 rings (SSSR count). The van der Waals surface area contributed by atoms with Crippen molar-refractivity contribution in [1.29, 1.82) is 0 Å². The first kappa shape index (κ1) is 17.8. The van der Waals surface area contributed by atoms with Gasteiger partial charge in [-0.3, -0.25) is 0 Å². The summed E-state index contributed by atoms with van der Waals surface area (Å²) in [5, 5.41) is 0. The molecule has 1 saturated heterocycles. The number of nitrogens with two attached hydrogens (primary N) is 1. The summed E-state index contributed by atoms with van der Waals surface area (Å²) >= 11 is 4.87. The molecule has 1 atom stereocenters. The van der Waals surface area contributed by atoms with E-state index >= 15 is 0 Å². The van der Waals surface area contributed by atoms with Gasteiger partial charge in [-0.1, -0.05) is 32.5 Å². The molecule has 0 amide bonds. The van der Waals surface area contributed by atoms with E-state index in [0.29, 0.717) is 31.0 Å². The van der Waals surface area contributed by atoms with Crippen LogP contribution in [0.25, 0.3) is 0 Å². The van der Waals surface area contributed by atoms with Crippen LogP contribution in [0.15, 0.2) is 0 Å². The first-order valence-electron chi connectivity index (χ1n) is 7.30. The lowest BCUT2D eigenvalue weighted by atomic mass is 10.1. The van der Waals surface area contributed by atoms with Gasteiger partial charge in [-0.25, -0.2) is 0 Å². The Bertz CT molecular complexity index is 423. The van der Waals surface area contributed by atoms with E-state index in [0.717, 1.165) is 19.3 Å². The monoisotopic (exact) mass is 321 g/mol. The van der Waals surface area contributed by atoms with Gasteiger partial charge in [0.15, 0.2) is 0 Å². The van der Waals surface area contributed by atoms with Crippen LogP contribution in [0.1, 0.15) is 46.5 Å². The van der Waals surface area contributed by atoms with Crippen molar-refractivity contribution in [2.75, 3.05) is 19.6 Å². The van der Waals surface area contributed by atoms with Gasteiger partial charge in [-0.05, 0) is 25.7 Å². The lowest BCUT2D eigenvalue weighted by molar-refractivity contribution is 0.240. The molecule has 0 aliphatic carbocycles. The summed E-state index contributed by atoms with van der Waals surface area (Å²) in [6, 6.07) is 0.0771. The molecule has 0 spiro atoms. The number of nitrogens with zero attached hydrogens (tertiary/aromatic N) is 2. The maximum absolute atomic E-state index is 12.8. The SMILES string of the molecule is CC(C)CN(CCC(N)=S)S(=O)(=O)N1CCCCC1C. The van der Waals surface area contributed by atoms with Crippen LogP contribution < -0.4 is 5.73 Å². The second-order valence-electron chi connectivity index (χ2n) is 5.93. The van der Waals surface area contributed by atoms with Crippen LogP contribution in [-0.4, -0.2) is 47.7 Å². The number of piperidine rings is 1. The molecule has 0 aromatic rings. The fourth-order valence-corrected chi connectivity index (χ4v) is 4.62. The van der Waals surface area contributed by atoms with Gasteiger partial charge in [-0.15, -0.1) is 0 Å². The van der Waals surface area contributed by atoms with Crippen LogP contribution in [0.4, 0.5) is 0 Å². The van der Waals surface area contributed by atoms with Crippen LogP contribution in [0, 0.1) is 5.92 Å². The second-order valence-corrected chi connectivity index (χ2v) is 8.34. The van der Waals surface area contributed by atoms with E-state index in [1.54, 1.807) is 8.61 Å². The molecule has 118 valence electrons. The number of thiocarbonyl (C=S) groups is 1. The largest absolute Gasteiger partial charge is 0.393 e. The van der Waals surface area contributed by atoms with Crippen molar-refractivity contribution in [1.82, 2.24) is 8.61 Å². The molecular weight excluding hydrogens is 294 g/mol. The standard InChI is InChI=1S/C13H27N3O2S2/c1-11(2)10-15(9-7-13(14)19)20(17,18)16-8-5-4-6-12(16)3/h11-12H,4-10H2,1-3H3,(H2,14,19). The zero-order valence-electron chi connectivity index (χ0n) is 12.7. The molecular formula is C13H27N3O2S2. The van der Waals surface area contributed by atoms with E-state index in [4.69, 9.17) is 18.0 Å². The molecule has 1 aliphatic rings. The normalized spacial score (nSPS) is 21.6. The fraction of sp³-hybridized carbons (Fsp3) is 0.923. The first-order chi connectivity index (χ1) is 9.25. The third-order valence-corrected chi connectivity index (χ3v) is 5.86. The smallest absolute Gasteiger partial charge is 0.282 e. The first-order valence-corrected chi connectivity index (χ1v) is 9.11. The lowest BCUT2D eigenvalue weighted by Crippen LogP contribution is -2.51. The molecule has 20 heavy (non-hydrogen) atoms. The average Bonchev–Trinajstić information content (AvgIpc) is 2.34. The Labute approximate surface area is 128 Å². The Hall–Kier alpha value is -0.240. The third-order valence-electron chi connectivity index (χ3n) is 3.54. The van der Waals surface area contributed by atoms with Gasteiger partial charge >= 0.3 is 0 Å². The van der Waals surface area contributed by atoms with Crippen molar-refractivity contribution in [3.63, 3.8) is 0 Å². The van der Waals surface area contributed by atoms with E-state index in [1.165, 1.54) is 0 Å². The topological polar surface area (TPSA) is 66.6 Å². The summed E-state index contributed by atoms with van der Waals surface area (Å²) in [5.74, 6) is 0.274. The Morgan fingerprint density at radius 3 is 2.60 bits per heavy atom. The van der Waals surface area contributed by atoms with E-state index in [1.807, 2.05) is 20.8 Å². The molecule has 1 unspecified atom stereocenters. The number of hydrogen-bond acceptors (Lipinski definition) is 3. The molecule has 2 N–H and O–H groups in total. The summed E-state index contributed by atoms with van der Waals surface area (Å²) in [5.41, 5.74) is 5.52. The zero-order chi connectivity index (χ0) is 15.3. The van der Waals surface area contributed by atoms with Gasteiger partial charge in [0.25, 0.3) is 10.2 Å². The summed E-state index contributed by atoms with van der Waals surface area (Å²) in [7, 11) is -3.41. The summed E-state index contributed by atoms with van der Waals surface area (Å²) in [6.45, 7) is 7.52. The molecule has 1 aliphatic heterocycles. The molecule has 1 heterocycles. The lowest BCUT2D eigenvalue weighted by Gasteiger charge is -2.37. The van der Waals surface area contributed by atoms with Crippen molar-refractivity contribution in [3.8, 4) is 0 Å². The average molecular weight is 322 g/mol. The summed E-state index contributed by atoms with van der Waals surface area (Å²) in [6.07, 6.45) is 3.41. The van der Waals surface area contributed by atoms with E-state index in [-0.39, 0.29) is 12.0 Å². The van der Waals surface area contributed by atoms with Crippen molar-refractivity contribution in [2.24, 2.45) is 11.7 Å². The summed E-state index contributed by atoms with van der Waals surface area (Å²) in [4.78, 5) is 0.362. The Morgan fingerprint density at radius 2 is 2.10 bits per heavy atom. The maximum atomic E-state index is 12.8. The van der Waals surface area contributed by atoms with E-state index < -0.39 is 10.2 Å². The molecule has 1 fully saturated rings. The predicted molar refractivity (Wildman–Crippen MR) is 86.8 cm³/mol. The van der Waals surface area contributed by atoms with Gasteiger partial charge in [0.1, 0.15) is 0 Å². The quantitative estimate of drug-likeness (QED) is 0.725. The van der Waals surface area contributed by atoms with E-state index in [9.17, 15) is 8.42 Å². The van der Waals surface area contributed by atoms with Crippen LogP contribution in [-0.2, 0) is 10.2 Å². The van der Waals surface area contributed by atoms with Crippen molar-refractivity contribution >= 4 is 27.4 Å². The minimum atomic E-state index is -3.41. The fourth-order valence-electron chi connectivity index (χ4n) is 2.51. The maximum Gasteiger partial charge on any atom is 0.282 e. The van der Waals surface area contributed by atoms with Crippen LogP contribution in [0.5, 0.6) is 0 Å². The highest BCUT2D eigenvalue weighted by Crippen LogP contribution is 2.23. The highest BCUT2D eigenvalue weighted by atomic mass is 32.2. The number of rotatable bonds is 7. The molecule has 0 bridgehead atoms. The highest BCUT2D eigenvalue weighted by molar-refractivity contribution is 7.86. The molecule has 5 nitrogen and oxygen atoms in total. The van der Waals surface area contributed by atoms with Gasteiger partial charge in [0.2, 0.25) is 0 Å². The Morgan fingerprint density at radius 1 is 1.45 bits per heavy atom. The van der Waals surface area contributed by atoms with Crippen LogP contribution >= 0.6 is 12.2 Å². The second kappa shape index (κ2) is 7.68. The Kier molecular flexibility index (Phi) is 6.84. The minimum absolute atomic E-state index is 0.0771. The third kappa shape index (κ3) is 4.95. The van der Waals surface area contributed by atoms with Crippen molar-refractivity contribution in [2.45, 2.75) is 52.5 Å². The molecule has 0 aromatic heterocycles. The van der Waals surface area contributed by atoms with Gasteiger partial charge < -0.3 is 5.73 Å². The number of hydrogen-bond donors (Lipinski definition) is 1. The molecule has 0 saturated carbocycles. The van der Waals surface area contributed by atoms with Gasteiger partial charge in [0.05, 0.1) is 4.99 Å². The van der Waals surface area contributed by atoms with Crippen LogP contribution in [0.2, 0.25) is 0 Å². The predicted octanol–water partition coefficient (Wildman–Crippen LogP) is 1.74. The van der Waals surface area contributed by atoms with Gasteiger partial charge in [-0.2, -0.15) is 17.0 Å². The molecule has 0 aromatic carbocycles. The zero-order valence-corrected chi connectivity index (χ0v) is 14.3. The van der Waals surface area contributed by atoms with E-state index in [2.05, 4.69) is 0 Å². The van der Waals surface area contributed by atoms with Gasteiger partial charge in [0, 0.05) is 32.1 Å². The summed E-state index contributed by atoms with van der Waals surface area (Å²) < 4.78 is 28.8. The Balaban J connectivity index is 2.87. The molecule has 7 heteroatoms. The minimum Gasteiger partial charge on any atom is -0.393 e.